The van der Waals surface area contributed by atoms with Crippen LogP contribution < -0.4 is 10.0 Å². The van der Waals surface area contributed by atoms with Crippen LogP contribution in [0, 0.1) is 0 Å². The van der Waals surface area contributed by atoms with Crippen LogP contribution in [0.5, 0.6) is 5.75 Å². The van der Waals surface area contributed by atoms with Gasteiger partial charge < -0.3 is 10.4 Å². The van der Waals surface area contributed by atoms with Gasteiger partial charge in [-0.2, -0.15) is 0 Å². The largest absolute Gasteiger partial charge is 0.506 e. The molecule has 0 atom stereocenters. The zero-order chi connectivity index (χ0) is 17.6. The quantitative estimate of drug-likeness (QED) is 0.664. The van der Waals surface area contributed by atoms with E-state index in [9.17, 15) is 18.3 Å². The maximum Gasteiger partial charge on any atom is 0.262 e. The van der Waals surface area contributed by atoms with Crippen LogP contribution in [0.2, 0.25) is 0 Å². The molecule has 2 aromatic rings. The number of benzene rings is 1. The molecule has 0 saturated heterocycles. The van der Waals surface area contributed by atoms with Crippen molar-refractivity contribution in [2.45, 2.75) is 24.7 Å². The SMILES string of the molecule is CCCCNC(=O)c1ccccc1S(=O)(=O)Nc1cncc(O)c1. The van der Waals surface area contributed by atoms with Crippen molar-refractivity contribution in [3.05, 3.63) is 48.3 Å². The number of pyridine rings is 1. The van der Waals surface area contributed by atoms with E-state index in [1.807, 2.05) is 6.92 Å². The van der Waals surface area contributed by atoms with E-state index in [1.165, 1.54) is 36.7 Å². The molecule has 0 bridgehead atoms. The van der Waals surface area contributed by atoms with Gasteiger partial charge in [0.25, 0.3) is 15.9 Å². The van der Waals surface area contributed by atoms with E-state index in [1.54, 1.807) is 6.07 Å². The second-order valence-corrected chi connectivity index (χ2v) is 6.79. The Labute approximate surface area is 140 Å². The maximum absolute atomic E-state index is 12.6. The second kappa shape index (κ2) is 7.78. The Morgan fingerprint density at radius 2 is 2.00 bits per heavy atom. The van der Waals surface area contributed by atoms with Gasteiger partial charge in [-0.15, -0.1) is 0 Å². The van der Waals surface area contributed by atoms with Crippen molar-refractivity contribution >= 4 is 21.6 Å². The monoisotopic (exact) mass is 349 g/mol. The average molecular weight is 349 g/mol. The fourth-order valence-electron chi connectivity index (χ4n) is 2.06. The summed E-state index contributed by atoms with van der Waals surface area (Å²) in [7, 11) is -4.00. The molecule has 0 fully saturated rings. The number of hydrogen-bond donors (Lipinski definition) is 3. The highest BCUT2D eigenvalue weighted by Crippen LogP contribution is 2.21. The molecule has 0 unspecified atom stereocenters. The topological polar surface area (TPSA) is 108 Å². The molecule has 1 heterocycles. The van der Waals surface area contributed by atoms with E-state index in [2.05, 4.69) is 15.0 Å². The van der Waals surface area contributed by atoms with E-state index in [0.717, 1.165) is 12.8 Å². The molecule has 0 aliphatic carbocycles. The number of nitrogens with one attached hydrogen (secondary N) is 2. The first-order chi connectivity index (χ1) is 11.4. The van der Waals surface area contributed by atoms with Crippen LogP contribution in [0.3, 0.4) is 0 Å². The van der Waals surface area contributed by atoms with Gasteiger partial charge in [0.05, 0.1) is 23.6 Å². The zero-order valence-electron chi connectivity index (χ0n) is 13.2. The molecule has 1 amide bonds. The first-order valence-electron chi connectivity index (χ1n) is 7.48. The molecule has 8 heteroatoms. The Balaban J connectivity index is 2.28. The summed E-state index contributed by atoms with van der Waals surface area (Å²) in [5.41, 5.74) is 0.172. The fourth-order valence-corrected chi connectivity index (χ4v) is 3.30. The Bertz CT molecular complexity index is 822. The van der Waals surface area contributed by atoms with Crippen molar-refractivity contribution in [2.75, 3.05) is 11.3 Å². The number of amides is 1. The lowest BCUT2D eigenvalue weighted by molar-refractivity contribution is 0.0950. The normalized spacial score (nSPS) is 11.0. The lowest BCUT2D eigenvalue weighted by Crippen LogP contribution is -2.27. The summed E-state index contributed by atoms with van der Waals surface area (Å²) < 4.78 is 27.4. The summed E-state index contributed by atoms with van der Waals surface area (Å²) in [5.74, 6) is -0.612. The number of aromatic nitrogens is 1. The first-order valence-corrected chi connectivity index (χ1v) is 8.96. The zero-order valence-corrected chi connectivity index (χ0v) is 14.0. The summed E-state index contributed by atoms with van der Waals surface area (Å²) in [4.78, 5) is 15.8. The predicted octanol–water partition coefficient (Wildman–Crippen LogP) is 2.12. The summed E-state index contributed by atoms with van der Waals surface area (Å²) >= 11 is 0. The van der Waals surface area contributed by atoms with E-state index in [4.69, 9.17) is 0 Å². The van der Waals surface area contributed by atoms with E-state index in [-0.39, 0.29) is 21.9 Å². The van der Waals surface area contributed by atoms with Crippen LogP contribution in [0.25, 0.3) is 0 Å². The molecule has 7 nitrogen and oxygen atoms in total. The molecule has 2 rings (SSSR count). The summed E-state index contributed by atoms with van der Waals surface area (Å²) in [6, 6.07) is 7.18. The van der Waals surface area contributed by atoms with Gasteiger partial charge in [0.2, 0.25) is 0 Å². The van der Waals surface area contributed by atoms with Gasteiger partial charge in [-0.3, -0.25) is 14.5 Å². The molecular formula is C16H19N3O4S. The standard InChI is InChI=1S/C16H19N3O4S/c1-2-3-8-18-16(21)14-6-4-5-7-15(14)24(22,23)19-12-9-13(20)11-17-10-12/h4-7,9-11,19-20H,2-3,8H2,1H3,(H,18,21). The highest BCUT2D eigenvalue weighted by atomic mass is 32.2. The van der Waals surface area contributed by atoms with Gasteiger partial charge in [-0.25, -0.2) is 8.42 Å². The minimum absolute atomic E-state index is 0.0641. The number of carbonyl (C=O) groups excluding carboxylic acids is 1. The maximum atomic E-state index is 12.6. The summed E-state index contributed by atoms with van der Waals surface area (Å²) in [5, 5.41) is 12.1. The highest BCUT2D eigenvalue weighted by molar-refractivity contribution is 7.92. The molecule has 128 valence electrons. The molecule has 0 aliphatic heterocycles. The third-order valence-electron chi connectivity index (χ3n) is 3.21. The van der Waals surface area contributed by atoms with Crippen molar-refractivity contribution in [3.63, 3.8) is 0 Å². The molecule has 0 saturated carbocycles. The molecule has 3 N–H and O–H groups in total. The van der Waals surface area contributed by atoms with Crippen molar-refractivity contribution in [1.82, 2.24) is 10.3 Å². The van der Waals surface area contributed by atoms with Crippen LogP contribution in [0.15, 0.2) is 47.6 Å². The van der Waals surface area contributed by atoms with Crippen LogP contribution in [-0.4, -0.2) is 31.0 Å². The number of anilines is 1. The fraction of sp³-hybridized carbons (Fsp3) is 0.250. The number of nitrogens with zero attached hydrogens (tertiary/aromatic N) is 1. The van der Waals surface area contributed by atoms with Crippen LogP contribution in [0.4, 0.5) is 5.69 Å². The molecule has 0 spiro atoms. The predicted molar refractivity (Wildman–Crippen MR) is 90.4 cm³/mol. The molecule has 1 aromatic heterocycles. The van der Waals surface area contributed by atoms with Crippen molar-refractivity contribution < 1.29 is 18.3 Å². The van der Waals surface area contributed by atoms with Crippen LogP contribution in [-0.2, 0) is 10.0 Å². The Morgan fingerprint density at radius 3 is 2.71 bits per heavy atom. The minimum Gasteiger partial charge on any atom is -0.506 e. The van der Waals surface area contributed by atoms with Gasteiger partial charge >= 0.3 is 0 Å². The number of unbranched alkanes of at least 4 members (excludes halogenated alkanes) is 1. The summed E-state index contributed by atoms with van der Waals surface area (Å²) in [6.07, 6.45) is 4.19. The van der Waals surface area contributed by atoms with Crippen molar-refractivity contribution in [1.29, 1.82) is 0 Å². The van der Waals surface area contributed by atoms with Gasteiger partial charge in [-0.05, 0) is 18.6 Å². The molecule has 0 radical (unpaired) electrons. The Morgan fingerprint density at radius 1 is 1.25 bits per heavy atom. The number of hydrogen-bond acceptors (Lipinski definition) is 5. The minimum atomic E-state index is -4.00. The lowest BCUT2D eigenvalue weighted by atomic mass is 10.2. The van der Waals surface area contributed by atoms with E-state index in [0.29, 0.717) is 6.54 Å². The first kappa shape index (κ1) is 17.7. The molecule has 1 aromatic carbocycles. The Kier molecular flexibility index (Phi) is 5.75. The molecule has 24 heavy (non-hydrogen) atoms. The summed E-state index contributed by atoms with van der Waals surface area (Å²) in [6.45, 7) is 2.48. The molecular weight excluding hydrogens is 330 g/mol. The second-order valence-electron chi connectivity index (χ2n) is 5.14. The average Bonchev–Trinajstić information content (AvgIpc) is 2.54. The highest BCUT2D eigenvalue weighted by Gasteiger charge is 2.22. The third-order valence-corrected chi connectivity index (χ3v) is 4.65. The van der Waals surface area contributed by atoms with Gasteiger partial charge in [-0.1, -0.05) is 25.5 Å². The number of aromatic hydroxyl groups is 1. The van der Waals surface area contributed by atoms with Crippen molar-refractivity contribution in [3.8, 4) is 5.75 Å². The lowest BCUT2D eigenvalue weighted by Gasteiger charge is -2.12. The van der Waals surface area contributed by atoms with Gasteiger partial charge in [0.15, 0.2) is 0 Å². The number of carbonyl (C=O) groups is 1. The molecule has 0 aliphatic rings. The van der Waals surface area contributed by atoms with Crippen LogP contribution in [0.1, 0.15) is 30.1 Å². The smallest absolute Gasteiger partial charge is 0.262 e. The van der Waals surface area contributed by atoms with Crippen molar-refractivity contribution in [2.24, 2.45) is 0 Å². The van der Waals surface area contributed by atoms with Gasteiger partial charge in [0.1, 0.15) is 10.6 Å². The van der Waals surface area contributed by atoms with Crippen LogP contribution >= 0.6 is 0 Å². The number of sulfonamides is 1. The third kappa shape index (κ3) is 4.45. The van der Waals surface area contributed by atoms with E-state index >= 15 is 0 Å². The van der Waals surface area contributed by atoms with Gasteiger partial charge in [0, 0.05) is 12.6 Å². The number of rotatable bonds is 7. The van der Waals surface area contributed by atoms with E-state index < -0.39 is 15.9 Å². The Hall–Kier alpha value is -2.61.